The molecule has 6 heteroatoms. The number of nitrogens with zero attached hydrogens (tertiary/aromatic N) is 1. The van der Waals surface area contributed by atoms with E-state index in [9.17, 15) is 14.5 Å². The molecule has 0 aliphatic heterocycles. The third-order valence-corrected chi connectivity index (χ3v) is 2.72. The van der Waals surface area contributed by atoms with Gasteiger partial charge in [0.25, 0.3) is 5.69 Å². The quantitative estimate of drug-likeness (QED) is 0.478. The molecule has 0 saturated carbocycles. The van der Waals surface area contributed by atoms with Crippen LogP contribution in [0.5, 0.6) is 11.5 Å². The van der Waals surface area contributed by atoms with Crippen molar-refractivity contribution in [1.29, 1.82) is 0 Å². The van der Waals surface area contributed by atoms with Crippen LogP contribution >= 0.6 is 11.6 Å². The van der Waals surface area contributed by atoms with Crippen molar-refractivity contribution in [3.05, 3.63) is 64.0 Å². The Labute approximate surface area is 113 Å². The smallest absolute Gasteiger partial charge is 0.273 e. The summed E-state index contributed by atoms with van der Waals surface area (Å²) in [5.74, 6) is -0.167. The number of ether oxygens (including phenoxy) is 1. The Bertz CT molecular complexity index is 619. The first kappa shape index (κ1) is 13.3. The summed E-state index contributed by atoms with van der Waals surface area (Å²) in [6, 6.07) is 9.88. The minimum atomic E-state index is -0.565. The monoisotopic (exact) mass is 281 g/mol. The molecule has 4 nitrogen and oxygen atoms in total. The number of rotatable bonds is 4. The average molecular weight is 282 g/mol. The minimum Gasteiger partial charge on any atom is -0.454 e. The molecule has 0 heterocycles. The topological polar surface area (TPSA) is 52.4 Å². The molecule has 2 aromatic carbocycles. The second kappa shape index (κ2) is 5.67. The molecular formula is C13H9ClFNO3. The molecule has 2 rings (SSSR count). The van der Waals surface area contributed by atoms with E-state index in [2.05, 4.69) is 0 Å². The van der Waals surface area contributed by atoms with Gasteiger partial charge in [-0.25, -0.2) is 4.39 Å². The first-order valence-corrected chi connectivity index (χ1v) is 5.90. The lowest BCUT2D eigenvalue weighted by Gasteiger charge is -2.07. The Kier molecular flexibility index (Phi) is 3.97. The van der Waals surface area contributed by atoms with Gasteiger partial charge in [-0.05, 0) is 23.8 Å². The Hall–Kier alpha value is -2.14. The summed E-state index contributed by atoms with van der Waals surface area (Å²) in [7, 11) is 0. The highest BCUT2D eigenvalue weighted by Gasteiger charge is 2.09. The molecular weight excluding hydrogens is 273 g/mol. The normalized spacial score (nSPS) is 10.2. The molecule has 0 aliphatic rings. The van der Waals surface area contributed by atoms with E-state index in [4.69, 9.17) is 16.3 Å². The van der Waals surface area contributed by atoms with Gasteiger partial charge in [-0.3, -0.25) is 10.1 Å². The zero-order valence-electron chi connectivity index (χ0n) is 9.68. The van der Waals surface area contributed by atoms with Crippen LogP contribution in [0.2, 0.25) is 0 Å². The molecule has 0 aromatic heterocycles. The second-order valence-corrected chi connectivity index (χ2v) is 4.02. The van der Waals surface area contributed by atoms with Crippen molar-refractivity contribution in [2.75, 3.05) is 0 Å². The van der Waals surface area contributed by atoms with Gasteiger partial charge in [-0.1, -0.05) is 12.1 Å². The van der Waals surface area contributed by atoms with Gasteiger partial charge in [0.2, 0.25) is 0 Å². The van der Waals surface area contributed by atoms with Crippen molar-refractivity contribution in [2.24, 2.45) is 0 Å². The summed E-state index contributed by atoms with van der Waals surface area (Å²) in [4.78, 5) is 10.1. The lowest BCUT2D eigenvalue weighted by atomic mass is 10.2. The molecule has 19 heavy (non-hydrogen) atoms. The maximum Gasteiger partial charge on any atom is 0.273 e. The molecule has 2 aromatic rings. The van der Waals surface area contributed by atoms with Crippen LogP contribution in [-0.2, 0) is 5.88 Å². The molecule has 0 atom stereocenters. The first-order chi connectivity index (χ1) is 9.10. The second-order valence-electron chi connectivity index (χ2n) is 3.75. The van der Waals surface area contributed by atoms with Crippen LogP contribution in [0.1, 0.15) is 5.56 Å². The Morgan fingerprint density at radius 3 is 2.68 bits per heavy atom. The number of non-ortho nitro benzene ring substituents is 1. The predicted molar refractivity (Wildman–Crippen MR) is 69.1 cm³/mol. The predicted octanol–water partition coefficient (Wildman–Crippen LogP) is 4.27. The van der Waals surface area contributed by atoms with E-state index in [1.54, 1.807) is 6.07 Å². The van der Waals surface area contributed by atoms with Crippen LogP contribution in [-0.4, -0.2) is 4.92 Å². The molecule has 0 aliphatic carbocycles. The summed E-state index contributed by atoms with van der Waals surface area (Å²) in [5, 5.41) is 10.6. The third kappa shape index (κ3) is 3.20. The Morgan fingerprint density at radius 2 is 2.05 bits per heavy atom. The third-order valence-electron chi connectivity index (χ3n) is 2.41. The van der Waals surface area contributed by atoms with Gasteiger partial charge in [0.1, 0.15) is 5.75 Å². The number of nitro benzene ring substituents is 1. The maximum atomic E-state index is 13.7. The zero-order valence-corrected chi connectivity index (χ0v) is 10.4. The highest BCUT2D eigenvalue weighted by Crippen LogP contribution is 2.27. The lowest BCUT2D eigenvalue weighted by molar-refractivity contribution is -0.384. The van der Waals surface area contributed by atoms with E-state index in [-0.39, 0.29) is 23.1 Å². The van der Waals surface area contributed by atoms with Crippen LogP contribution < -0.4 is 4.74 Å². The van der Waals surface area contributed by atoms with E-state index in [0.29, 0.717) is 5.56 Å². The van der Waals surface area contributed by atoms with Crippen LogP contribution in [0, 0.1) is 15.9 Å². The number of alkyl halides is 1. The molecule has 98 valence electrons. The Balaban J connectivity index is 2.26. The van der Waals surface area contributed by atoms with Gasteiger partial charge in [0.05, 0.1) is 11.0 Å². The van der Waals surface area contributed by atoms with E-state index in [0.717, 1.165) is 0 Å². The van der Waals surface area contributed by atoms with Gasteiger partial charge < -0.3 is 4.74 Å². The van der Waals surface area contributed by atoms with Crippen molar-refractivity contribution in [3.8, 4) is 11.5 Å². The van der Waals surface area contributed by atoms with Crippen molar-refractivity contribution in [3.63, 3.8) is 0 Å². The molecule has 0 unspecified atom stereocenters. The average Bonchev–Trinajstić information content (AvgIpc) is 2.41. The van der Waals surface area contributed by atoms with Gasteiger partial charge in [-0.15, -0.1) is 11.6 Å². The first-order valence-electron chi connectivity index (χ1n) is 5.37. The highest BCUT2D eigenvalue weighted by molar-refractivity contribution is 6.17. The number of hydrogen-bond donors (Lipinski definition) is 0. The van der Waals surface area contributed by atoms with Gasteiger partial charge >= 0.3 is 0 Å². The number of halogens is 2. The van der Waals surface area contributed by atoms with Gasteiger partial charge in [0.15, 0.2) is 11.6 Å². The molecule has 0 radical (unpaired) electrons. The summed E-state index contributed by atoms with van der Waals surface area (Å²) >= 11 is 5.58. The lowest BCUT2D eigenvalue weighted by Crippen LogP contribution is -1.92. The fourth-order valence-corrected chi connectivity index (χ4v) is 1.66. The van der Waals surface area contributed by atoms with Crippen LogP contribution in [0.15, 0.2) is 42.5 Å². The van der Waals surface area contributed by atoms with E-state index >= 15 is 0 Å². The summed E-state index contributed by atoms with van der Waals surface area (Å²) < 4.78 is 18.9. The van der Waals surface area contributed by atoms with E-state index < -0.39 is 10.7 Å². The maximum absolute atomic E-state index is 13.7. The summed E-state index contributed by atoms with van der Waals surface area (Å²) in [6.07, 6.45) is 0. The molecule has 0 fully saturated rings. The molecule has 0 saturated heterocycles. The molecule has 0 bridgehead atoms. The number of hydrogen-bond acceptors (Lipinski definition) is 3. The summed E-state index contributed by atoms with van der Waals surface area (Å²) in [6.45, 7) is 0. The van der Waals surface area contributed by atoms with Gasteiger partial charge in [-0.2, -0.15) is 0 Å². The largest absolute Gasteiger partial charge is 0.454 e. The molecule has 0 spiro atoms. The minimum absolute atomic E-state index is 0.00522. The van der Waals surface area contributed by atoms with Crippen molar-refractivity contribution >= 4 is 17.3 Å². The van der Waals surface area contributed by atoms with Crippen molar-refractivity contribution in [1.82, 2.24) is 0 Å². The number of nitro groups is 1. The number of benzene rings is 2. The fourth-order valence-electron chi connectivity index (χ4n) is 1.50. The standard InChI is InChI=1S/C13H9ClFNO3/c14-8-9-4-5-13(12(15)6-9)19-11-3-1-2-10(7-11)16(17)18/h1-7H,8H2. The molecule has 0 amide bonds. The van der Waals surface area contributed by atoms with Crippen molar-refractivity contribution < 1.29 is 14.1 Å². The van der Waals surface area contributed by atoms with E-state index in [1.165, 1.54) is 36.4 Å². The van der Waals surface area contributed by atoms with Crippen LogP contribution in [0.4, 0.5) is 10.1 Å². The van der Waals surface area contributed by atoms with Gasteiger partial charge in [0, 0.05) is 11.9 Å². The summed E-state index contributed by atoms with van der Waals surface area (Å²) in [5.41, 5.74) is 0.515. The Morgan fingerprint density at radius 1 is 1.26 bits per heavy atom. The highest BCUT2D eigenvalue weighted by atomic mass is 35.5. The van der Waals surface area contributed by atoms with Crippen LogP contribution in [0.25, 0.3) is 0 Å². The fraction of sp³-hybridized carbons (Fsp3) is 0.0769. The van der Waals surface area contributed by atoms with E-state index in [1.807, 2.05) is 0 Å². The SMILES string of the molecule is O=[N+]([O-])c1cccc(Oc2ccc(CCl)cc2F)c1. The molecule has 0 N–H and O–H groups in total. The zero-order chi connectivity index (χ0) is 13.8. The van der Waals surface area contributed by atoms with Crippen LogP contribution in [0.3, 0.4) is 0 Å². The van der Waals surface area contributed by atoms with Crippen molar-refractivity contribution in [2.45, 2.75) is 5.88 Å².